The minimum Gasteiger partial charge on any atom is -0.496 e. The van der Waals surface area contributed by atoms with Gasteiger partial charge < -0.3 is 19.3 Å². The quantitative estimate of drug-likeness (QED) is 0.565. The van der Waals surface area contributed by atoms with Gasteiger partial charge in [0.15, 0.2) is 0 Å². The molecule has 8 nitrogen and oxygen atoms in total. The number of piperidine rings is 1. The van der Waals surface area contributed by atoms with Crippen molar-refractivity contribution >= 4 is 11.9 Å². The first-order valence-corrected chi connectivity index (χ1v) is 11.0. The van der Waals surface area contributed by atoms with E-state index >= 15 is 0 Å². The zero-order valence-electron chi connectivity index (χ0n) is 19.5. The Balaban J connectivity index is 1.83. The number of hydrogen-bond donors (Lipinski definition) is 0. The molecule has 0 aliphatic carbocycles. The molecule has 8 heteroatoms. The molecule has 1 saturated heterocycles. The van der Waals surface area contributed by atoms with Gasteiger partial charge in [0.1, 0.15) is 17.1 Å². The summed E-state index contributed by atoms with van der Waals surface area (Å²) in [5.41, 5.74) is 3.14. The van der Waals surface area contributed by atoms with Crippen LogP contribution in [0.5, 0.6) is 11.5 Å². The SMILES string of the molecule is COc1cccc(OC)c1C(=O)N1CCCCC1c1nc(N(C)C)ncc1-c1ccncc1. The standard InChI is InChI=1S/C25H29N5O3/c1-29(2)25-27-16-18(17-11-13-26-14-12-17)23(28-25)19-8-5-6-15-30(19)24(31)22-20(32-3)9-7-10-21(22)33-4/h7,9-14,16,19H,5-6,8,15H2,1-4H3. The number of rotatable bonds is 6. The second-order valence-corrected chi connectivity index (χ2v) is 8.15. The molecule has 0 saturated carbocycles. The number of likely N-dealkylation sites (tertiary alicyclic amines) is 1. The van der Waals surface area contributed by atoms with Crippen LogP contribution < -0.4 is 14.4 Å². The molecule has 172 valence electrons. The van der Waals surface area contributed by atoms with Crippen molar-refractivity contribution in [1.82, 2.24) is 19.9 Å². The van der Waals surface area contributed by atoms with E-state index in [4.69, 9.17) is 14.5 Å². The highest BCUT2D eigenvalue weighted by Gasteiger charge is 2.34. The van der Waals surface area contributed by atoms with Crippen LogP contribution in [0.15, 0.2) is 48.9 Å². The fourth-order valence-electron chi connectivity index (χ4n) is 4.27. The third kappa shape index (κ3) is 4.46. The van der Waals surface area contributed by atoms with Crippen LogP contribution in [-0.2, 0) is 0 Å². The van der Waals surface area contributed by atoms with Crippen LogP contribution in [0, 0.1) is 0 Å². The van der Waals surface area contributed by atoms with E-state index in [1.165, 1.54) is 0 Å². The van der Waals surface area contributed by atoms with Crippen molar-refractivity contribution in [3.63, 3.8) is 0 Å². The van der Waals surface area contributed by atoms with Gasteiger partial charge in [-0.05, 0) is 49.1 Å². The van der Waals surface area contributed by atoms with Crippen LogP contribution >= 0.6 is 0 Å². The topological polar surface area (TPSA) is 80.7 Å². The molecule has 2 aromatic heterocycles. The molecular weight excluding hydrogens is 418 g/mol. The Bertz CT molecular complexity index is 1100. The van der Waals surface area contributed by atoms with E-state index in [0.717, 1.165) is 36.1 Å². The second kappa shape index (κ2) is 9.85. The minimum absolute atomic E-state index is 0.125. The fourth-order valence-corrected chi connectivity index (χ4v) is 4.27. The first kappa shape index (κ1) is 22.5. The van der Waals surface area contributed by atoms with Crippen LogP contribution in [0.3, 0.4) is 0 Å². The summed E-state index contributed by atoms with van der Waals surface area (Å²) in [6.07, 6.45) is 8.09. The summed E-state index contributed by atoms with van der Waals surface area (Å²) in [5, 5.41) is 0. The van der Waals surface area contributed by atoms with Gasteiger partial charge in [-0.1, -0.05) is 6.07 Å². The average Bonchev–Trinajstić information content (AvgIpc) is 2.87. The van der Waals surface area contributed by atoms with Crippen molar-refractivity contribution in [2.24, 2.45) is 0 Å². The maximum atomic E-state index is 13.9. The Morgan fingerprint density at radius 1 is 1.06 bits per heavy atom. The fraction of sp³-hybridized carbons (Fsp3) is 0.360. The van der Waals surface area contributed by atoms with E-state index in [0.29, 0.717) is 29.6 Å². The first-order chi connectivity index (χ1) is 16.0. The molecule has 1 aromatic carbocycles. The number of hydrogen-bond acceptors (Lipinski definition) is 7. The van der Waals surface area contributed by atoms with Gasteiger partial charge in [-0.2, -0.15) is 0 Å². The minimum atomic E-state index is -0.203. The number of anilines is 1. The lowest BCUT2D eigenvalue weighted by Crippen LogP contribution is -2.39. The number of carbonyl (C=O) groups excluding carboxylic acids is 1. The molecule has 1 aliphatic heterocycles. The van der Waals surface area contributed by atoms with Gasteiger partial charge in [0.05, 0.1) is 26.0 Å². The number of aromatic nitrogens is 3. The zero-order valence-corrected chi connectivity index (χ0v) is 19.5. The predicted molar refractivity (Wildman–Crippen MR) is 127 cm³/mol. The lowest BCUT2D eigenvalue weighted by Gasteiger charge is -2.37. The number of carbonyl (C=O) groups is 1. The molecule has 4 rings (SSSR count). The van der Waals surface area contributed by atoms with E-state index < -0.39 is 0 Å². The van der Waals surface area contributed by atoms with Gasteiger partial charge in [0.25, 0.3) is 5.91 Å². The van der Waals surface area contributed by atoms with Crippen LogP contribution in [-0.4, -0.2) is 60.6 Å². The van der Waals surface area contributed by atoms with Gasteiger partial charge >= 0.3 is 0 Å². The Labute approximate surface area is 194 Å². The maximum absolute atomic E-state index is 13.9. The van der Waals surface area contributed by atoms with Crippen molar-refractivity contribution in [2.75, 3.05) is 39.8 Å². The highest BCUT2D eigenvalue weighted by Crippen LogP contribution is 2.39. The summed E-state index contributed by atoms with van der Waals surface area (Å²) in [5.74, 6) is 1.47. The van der Waals surface area contributed by atoms with Gasteiger partial charge in [-0.3, -0.25) is 9.78 Å². The number of nitrogens with zero attached hydrogens (tertiary/aromatic N) is 5. The Kier molecular flexibility index (Phi) is 6.72. The molecule has 1 unspecified atom stereocenters. The number of ether oxygens (including phenoxy) is 2. The molecule has 3 heterocycles. The highest BCUT2D eigenvalue weighted by atomic mass is 16.5. The van der Waals surface area contributed by atoms with E-state index in [9.17, 15) is 4.79 Å². The average molecular weight is 448 g/mol. The maximum Gasteiger partial charge on any atom is 0.261 e. The Morgan fingerprint density at radius 3 is 2.39 bits per heavy atom. The van der Waals surface area contributed by atoms with Gasteiger partial charge in [0, 0.05) is 44.8 Å². The first-order valence-electron chi connectivity index (χ1n) is 11.0. The van der Waals surface area contributed by atoms with Crippen LogP contribution in [0.4, 0.5) is 5.95 Å². The van der Waals surface area contributed by atoms with E-state index in [1.807, 2.05) is 48.3 Å². The lowest BCUT2D eigenvalue weighted by atomic mass is 9.93. The lowest BCUT2D eigenvalue weighted by molar-refractivity contribution is 0.0600. The van der Waals surface area contributed by atoms with E-state index in [1.54, 1.807) is 38.7 Å². The molecular formula is C25H29N5O3. The second-order valence-electron chi connectivity index (χ2n) is 8.15. The third-order valence-electron chi connectivity index (χ3n) is 5.92. The van der Waals surface area contributed by atoms with Crippen LogP contribution in [0.25, 0.3) is 11.1 Å². The van der Waals surface area contributed by atoms with Crippen molar-refractivity contribution in [1.29, 1.82) is 0 Å². The number of methoxy groups -OCH3 is 2. The smallest absolute Gasteiger partial charge is 0.261 e. The van der Waals surface area contributed by atoms with Gasteiger partial charge in [0.2, 0.25) is 5.95 Å². The molecule has 0 spiro atoms. The molecule has 1 aliphatic rings. The molecule has 3 aromatic rings. The summed E-state index contributed by atoms with van der Waals surface area (Å²) in [4.78, 5) is 31.3. The van der Waals surface area contributed by atoms with E-state index in [2.05, 4.69) is 9.97 Å². The largest absolute Gasteiger partial charge is 0.496 e. The molecule has 1 fully saturated rings. The predicted octanol–water partition coefficient (Wildman–Crippen LogP) is 3.99. The van der Waals surface area contributed by atoms with Crippen LogP contribution in [0.1, 0.15) is 41.4 Å². The van der Waals surface area contributed by atoms with Crippen molar-refractivity contribution < 1.29 is 14.3 Å². The molecule has 0 bridgehead atoms. The normalized spacial score (nSPS) is 15.8. The van der Waals surface area contributed by atoms with Crippen molar-refractivity contribution in [2.45, 2.75) is 25.3 Å². The summed E-state index contributed by atoms with van der Waals surface area (Å²) in [6.45, 7) is 0.627. The van der Waals surface area contributed by atoms with Crippen molar-refractivity contribution in [3.05, 3.63) is 60.2 Å². The Morgan fingerprint density at radius 2 is 1.76 bits per heavy atom. The van der Waals surface area contributed by atoms with Crippen LogP contribution in [0.2, 0.25) is 0 Å². The summed E-state index contributed by atoms with van der Waals surface area (Å²) < 4.78 is 11.0. The molecule has 1 amide bonds. The summed E-state index contributed by atoms with van der Waals surface area (Å²) in [6, 6.07) is 9.06. The zero-order chi connectivity index (χ0) is 23.4. The molecule has 0 N–H and O–H groups in total. The monoisotopic (exact) mass is 447 g/mol. The third-order valence-corrected chi connectivity index (χ3v) is 5.92. The van der Waals surface area contributed by atoms with Crippen molar-refractivity contribution in [3.8, 4) is 22.6 Å². The highest BCUT2D eigenvalue weighted by molar-refractivity contribution is 6.00. The van der Waals surface area contributed by atoms with E-state index in [-0.39, 0.29) is 11.9 Å². The van der Waals surface area contributed by atoms with Gasteiger partial charge in [-0.25, -0.2) is 9.97 Å². The molecule has 33 heavy (non-hydrogen) atoms. The summed E-state index contributed by atoms with van der Waals surface area (Å²) >= 11 is 0. The van der Waals surface area contributed by atoms with Gasteiger partial charge in [-0.15, -0.1) is 0 Å². The molecule has 0 radical (unpaired) electrons. The summed E-state index contributed by atoms with van der Waals surface area (Å²) in [7, 11) is 6.95. The Hall–Kier alpha value is -3.68. The number of benzene rings is 1. The molecule has 1 atom stereocenters. The number of amides is 1. The number of pyridine rings is 1.